The second-order valence-corrected chi connectivity index (χ2v) is 7.70. The van der Waals surface area contributed by atoms with Gasteiger partial charge >= 0.3 is 0 Å². The zero-order valence-electron chi connectivity index (χ0n) is 16.7. The standard InChI is InChI=1S/C24H26ClN3O2/c25-15-23(29)28(22(24(27)30)14-17-6-2-1-3-7-17)16-21(26)13-18-10-11-19-8-4-5-9-20(19)12-18/h1-12,21-22H,13-16,26H2,(H2,27,30)/t21-,22-/m1/s1. The van der Waals surface area contributed by atoms with Crippen LogP contribution in [0, 0.1) is 0 Å². The number of hydrogen-bond acceptors (Lipinski definition) is 3. The molecule has 2 atom stereocenters. The van der Waals surface area contributed by atoms with E-state index in [1.807, 2.05) is 48.5 Å². The average molecular weight is 424 g/mol. The smallest absolute Gasteiger partial charge is 0.240 e. The number of fused-ring (bicyclic) bond motifs is 1. The highest BCUT2D eigenvalue weighted by atomic mass is 35.5. The van der Waals surface area contributed by atoms with Gasteiger partial charge in [0.25, 0.3) is 0 Å². The van der Waals surface area contributed by atoms with Crippen LogP contribution in [0.15, 0.2) is 72.8 Å². The molecule has 4 N–H and O–H groups in total. The molecule has 0 unspecified atom stereocenters. The summed E-state index contributed by atoms with van der Waals surface area (Å²) in [5, 5.41) is 2.29. The van der Waals surface area contributed by atoms with Crippen molar-refractivity contribution in [1.82, 2.24) is 4.90 Å². The van der Waals surface area contributed by atoms with Gasteiger partial charge in [-0.1, -0.05) is 72.8 Å². The van der Waals surface area contributed by atoms with E-state index in [1.54, 1.807) is 0 Å². The van der Waals surface area contributed by atoms with E-state index in [2.05, 4.69) is 24.3 Å². The first-order valence-corrected chi connectivity index (χ1v) is 10.4. The molecule has 0 aliphatic heterocycles. The van der Waals surface area contributed by atoms with Gasteiger partial charge in [0.2, 0.25) is 11.8 Å². The molecule has 0 aromatic heterocycles. The fourth-order valence-corrected chi connectivity index (χ4v) is 3.82. The van der Waals surface area contributed by atoms with E-state index in [9.17, 15) is 9.59 Å². The summed E-state index contributed by atoms with van der Waals surface area (Å²) in [4.78, 5) is 26.2. The molecule has 6 heteroatoms. The Kier molecular flexibility index (Phi) is 7.44. The number of rotatable bonds is 9. The lowest BCUT2D eigenvalue weighted by molar-refractivity contribution is -0.137. The van der Waals surface area contributed by atoms with Gasteiger partial charge < -0.3 is 16.4 Å². The van der Waals surface area contributed by atoms with Gasteiger partial charge in [0.05, 0.1) is 0 Å². The Morgan fingerprint density at radius 2 is 1.53 bits per heavy atom. The largest absolute Gasteiger partial charge is 0.368 e. The number of benzene rings is 3. The van der Waals surface area contributed by atoms with Gasteiger partial charge in [-0.15, -0.1) is 11.6 Å². The van der Waals surface area contributed by atoms with Crippen LogP contribution in [-0.2, 0) is 22.4 Å². The van der Waals surface area contributed by atoms with Crippen molar-refractivity contribution in [2.75, 3.05) is 12.4 Å². The molecule has 30 heavy (non-hydrogen) atoms. The van der Waals surface area contributed by atoms with Crippen LogP contribution < -0.4 is 11.5 Å². The first-order valence-electron chi connectivity index (χ1n) is 9.90. The van der Waals surface area contributed by atoms with Crippen LogP contribution in [0.25, 0.3) is 10.8 Å². The summed E-state index contributed by atoms with van der Waals surface area (Å²) >= 11 is 5.82. The van der Waals surface area contributed by atoms with Crippen molar-refractivity contribution in [3.05, 3.63) is 83.9 Å². The molecule has 0 saturated carbocycles. The number of nitrogens with zero attached hydrogens (tertiary/aromatic N) is 1. The number of hydrogen-bond donors (Lipinski definition) is 2. The molecular formula is C24H26ClN3O2. The summed E-state index contributed by atoms with van der Waals surface area (Å²) in [6.07, 6.45) is 0.884. The van der Waals surface area contributed by atoms with Crippen LogP contribution in [0.2, 0.25) is 0 Å². The lowest BCUT2D eigenvalue weighted by Gasteiger charge is -2.31. The van der Waals surface area contributed by atoms with Crippen molar-refractivity contribution < 1.29 is 9.59 Å². The fourth-order valence-electron chi connectivity index (χ4n) is 3.67. The van der Waals surface area contributed by atoms with Gasteiger partial charge in [0, 0.05) is 19.0 Å². The van der Waals surface area contributed by atoms with E-state index in [4.69, 9.17) is 23.1 Å². The zero-order valence-corrected chi connectivity index (χ0v) is 17.5. The van der Waals surface area contributed by atoms with E-state index in [0.29, 0.717) is 12.8 Å². The molecule has 2 amide bonds. The van der Waals surface area contributed by atoms with Crippen molar-refractivity contribution in [3.8, 4) is 0 Å². The van der Waals surface area contributed by atoms with Crippen molar-refractivity contribution in [3.63, 3.8) is 0 Å². The van der Waals surface area contributed by atoms with Gasteiger partial charge in [-0.05, 0) is 28.3 Å². The van der Waals surface area contributed by atoms with Crippen molar-refractivity contribution in [2.24, 2.45) is 11.5 Å². The number of amides is 2. The normalized spacial score (nSPS) is 13.0. The third kappa shape index (κ3) is 5.59. The highest BCUT2D eigenvalue weighted by Crippen LogP contribution is 2.17. The first-order chi connectivity index (χ1) is 14.5. The summed E-state index contributed by atoms with van der Waals surface area (Å²) in [7, 11) is 0. The molecule has 0 aliphatic carbocycles. The molecule has 0 saturated heterocycles. The highest BCUT2D eigenvalue weighted by Gasteiger charge is 2.29. The summed E-state index contributed by atoms with van der Waals surface area (Å²) in [6, 6.07) is 22.6. The number of carbonyl (C=O) groups excluding carboxylic acids is 2. The zero-order chi connectivity index (χ0) is 21.5. The number of carbonyl (C=O) groups is 2. The van der Waals surface area contributed by atoms with Crippen molar-refractivity contribution in [1.29, 1.82) is 0 Å². The SMILES string of the molecule is NC(=O)[C@@H](Cc1ccccc1)N(C[C@H](N)Cc1ccc2ccccc2c1)C(=O)CCl. The van der Waals surface area contributed by atoms with Crippen LogP contribution in [0.5, 0.6) is 0 Å². The number of primary amides is 1. The molecule has 0 spiro atoms. The van der Waals surface area contributed by atoms with E-state index >= 15 is 0 Å². The van der Waals surface area contributed by atoms with Crippen LogP contribution in [0.4, 0.5) is 0 Å². The van der Waals surface area contributed by atoms with Crippen molar-refractivity contribution in [2.45, 2.75) is 24.9 Å². The topological polar surface area (TPSA) is 89.4 Å². The van der Waals surface area contributed by atoms with Crippen LogP contribution >= 0.6 is 11.6 Å². The Balaban J connectivity index is 1.76. The molecule has 3 aromatic rings. The summed E-state index contributed by atoms with van der Waals surface area (Å²) in [6.45, 7) is 0.193. The summed E-state index contributed by atoms with van der Waals surface area (Å²) in [5.41, 5.74) is 14.0. The van der Waals surface area contributed by atoms with E-state index < -0.39 is 11.9 Å². The molecule has 0 aliphatic rings. The van der Waals surface area contributed by atoms with E-state index in [-0.39, 0.29) is 24.4 Å². The Hall–Kier alpha value is -2.89. The highest BCUT2D eigenvalue weighted by molar-refractivity contribution is 6.27. The minimum Gasteiger partial charge on any atom is -0.368 e. The van der Waals surface area contributed by atoms with E-state index in [1.165, 1.54) is 4.90 Å². The summed E-state index contributed by atoms with van der Waals surface area (Å²) in [5.74, 6) is -1.16. The van der Waals surface area contributed by atoms with Gasteiger partial charge in [-0.2, -0.15) is 0 Å². The number of halogens is 1. The third-order valence-corrected chi connectivity index (χ3v) is 5.38. The summed E-state index contributed by atoms with van der Waals surface area (Å²) < 4.78 is 0. The molecule has 3 rings (SSSR count). The quantitative estimate of drug-likeness (QED) is 0.518. The predicted octanol–water partition coefficient (Wildman–Crippen LogP) is 2.87. The molecule has 156 valence electrons. The first kappa shape index (κ1) is 21.8. The van der Waals surface area contributed by atoms with Gasteiger partial charge in [0.1, 0.15) is 11.9 Å². The molecule has 0 bridgehead atoms. The Morgan fingerprint density at radius 3 is 2.20 bits per heavy atom. The maximum absolute atomic E-state index is 12.5. The van der Waals surface area contributed by atoms with Gasteiger partial charge in [-0.25, -0.2) is 0 Å². The molecule has 0 radical (unpaired) electrons. The molecule has 0 heterocycles. The number of nitrogens with two attached hydrogens (primary N) is 2. The predicted molar refractivity (Wildman–Crippen MR) is 121 cm³/mol. The lowest BCUT2D eigenvalue weighted by Crippen LogP contribution is -2.53. The van der Waals surface area contributed by atoms with Crippen LogP contribution in [-0.4, -0.2) is 41.2 Å². The third-order valence-electron chi connectivity index (χ3n) is 5.15. The Labute approximate surface area is 181 Å². The monoisotopic (exact) mass is 423 g/mol. The molecule has 0 fully saturated rings. The minimum absolute atomic E-state index is 0.193. The molecule has 5 nitrogen and oxygen atoms in total. The van der Waals surface area contributed by atoms with Crippen LogP contribution in [0.3, 0.4) is 0 Å². The fraction of sp³-hybridized carbons (Fsp3) is 0.250. The average Bonchev–Trinajstić information content (AvgIpc) is 2.76. The van der Waals surface area contributed by atoms with Gasteiger partial charge in [-0.3, -0.25) is 9.59 Å². The number of alkyl halides is 1. The van der Waals surface area contributed by atoms with Crippen LogP contribution in [0.1, 0.15) is 11.1 Å². The molecular weight excluding hydrogens is 398 g/mol. The van der Waals surface area contributed by atoms with E-state index in [0.717, 1.165) is 21.9 Å². The molecule has 3 aromatic carbocycles. The maximum Gasteiger partial charge on any atom is 0.240 e. The maximum atomic E-state index is 12.5. The minimum atomic E-state index is -0.804. The Morgan fingerprint density at radius 1 is 0.867 bits per heavy atom. The second kappa shape index (κ2) is 10.2. The Bertz CT molecular complexity index is 1010. The van der Waals surface area contributed by atoms with Gasteiger partial charge in [0.15, 0.2) is 0 Å². The lowest BCUT2D eigenvalue weighted by atomic mass is 10.00. The van der Waals surface area contributed by atoms with Crippen molar-refractivity contribution >= 4 is 34.2 Å². The second-order valence-electron chi connectivity index (χ2n) is 7.43.